The van der Waals surface area contributed by atoms with Gasteiger partial charge in [-0.05, 0) is 6.92 Å². The average Bonchev–Trinajstić information content (AvgIpc) is 2.19. The van der Waals surface area contributed by atoms with Gasteiger partial charge in [0.2, 0.25) is 0 Å². The highest BCUT2D eigenvalue weighted by atomic mass is 35.5. The van der Waals surface area contributed by atoms with Crippen LogP contribution >= 0.6 is 11.6 Å². The predicted molar refractivity (Wildman–Crippen MR) is 54.6 cm³/mol. The van der Waals surface area contributed by atoms with Crippen LogP contribution in [0.3, 0.4) is 0 Å². The number of rotatable bonds is 3. The molecule has 0 N–H and O–H groups in total. The van der Waals surface area contributed by atoms with Crippen molar-refractivity contribution in [2.75, 3.05) is 6.61 Å². The van der Waals surface area contributed by atoms with E-state index in [0.29, 0.717) is 6.20 Å². The van der Waals surface area contributed by atoms with Crippen LogP contribution in [0.2, 0.25) is 5.02 Å². The van der Waals surface area contributed by atoms with E-state index >= 15 is 0 Å². The molecular formula is C10H9ClF3NO2. The number of halogens is 4. The highest BCUT2D eigenvalue weighted by Gasteiger charge is 2.34. The fraction of sp³-hybridized carbons (Fsp3) is 0.400. The number of esters is 1. The Morgan fingerprint density at radius 2 is 2.12 bits per heavy atom. The molecule has 0 saturated heterocycles. The van der Waals surface area contributed by atoms with Gasteiger partial charge in [-0.2, -0.15) is 13.2 Å². The summed E-state index contributed by atoms with van der Waals surface area (Å²) >= 11 is 5.57. The second-order valence-electron chi connectivity index (χ2n) is 3.14. The van der Waals surface area contributed by atoms with Gasteiger partial charge in [-0.3, -0.25) is 9.78 Å². The molecule has 3 nitrogen and oxygen atoms in total. The molecule has 0 aliphatic heterocycles. The molecule has 1 heterocycles. The smallest absolute Gasteiger partial charge is 0.419 e. The lowest BCUT2D eigenvalue weighted by Crippen LogP contribution is -2.12. The Morgan fingerprint density at radius 3 is 2.65 bits per heavy atom. The van der Waals surface area contributed by atoms with Crippen molar-refractivity contribution in [3.8, 4) is 0 Å². The standard InChI is InChI=1S/C10H9ClF3NO2/c1-2-17-8(16)3-6-4-15-5-7(9(6)11)10(12,13)14/h4-5H,2-3H2,1H3. The number of pyridine rings is 1. The number of hydrogen-bond acceptors (Lipinski definition) is 3. The van der Waals surface area contributed by atoms with Gasteiger partial charge in [0.15, 0.2) is 0 Å². The fourth-order valence-electron chi connectivity index (χ4n) is 1.18. The van der Waals surface area contributed by atoms with Crippen molar-refractivity contribution < 1.29 is 22.7 Å². The van der Waals surface area contributed by atoms with Crippen LogP contribution in [0.4, 0.5) is 13.2 Å². The normalized spacial score (nSPS) is 11.4. The first-order valence-corrected chi connectivity index (χ1v) is 5.09. The van der Waals surface area contributed by atoms with E-state index < -0.39 is 22.7 Å². The minimum absolute atomic E-state index is 0.0000540. The molecule has 7 heteroatoms. The summed E-state index contributed by atoms with van der Waals surface area (Å²) in [6.07, 6.45) is -3.18. The quantitative estimate of drug-likeness (QED) is 0.791. The number of aromatic nitrogens is 1. The zero-order valence-electron chi connectivity index (χ0n) is 8.84. The molecule has 0 bridgehead atoms. The maximum absolute atomic E-state index is 12.5. The molecule has 0 radical (unpaired) electrons. The summed E-state index contributed by atoms with van der Waals surface area (Å²) in [4.78, 5) is 14.5. The maximum Gasteiger partial charge on any atom is 0.419 e. The van der Waals surface area contributed by atoms with Crippen LogP contribution in [0.15, 0.2) is 12.4 Å². The molecule has 0 aliphatic carbocycles. The van der Waals surface area contributed by atoms with Gasteiger partial charge < -0.3 is 4.74 Å². The van der Waals surface area contributed by atoms with Crippen LogP contribution in [0, 0.1) is 0 Å². The Morgan fingerprint density at radius 1 is 1.47 bits per heavy atom. The van der Waals surface area contributed by atoms with E-state index in [1.807, 2.05) is 0 Å². The van der Waals surface area contributed by atoms with E-state index in [0.717, 1.165) is 6.20 Å². The third-order valence-corrected chi connectivity index (χ3v) is 2.34. The SMILES string of the molecule is CCOC(=O)Cc1cncc(C(F)(F)F)c1Cl. The summed E-state index contributed by atoms with van der Waals surface area (Å²) in [6, 6.07) is 0. The molecule has 17 heavy (non-hydrogen) atoms. The van der Waals surface area contributed by atoms with Crippen molar-refractivity contribution >= 4 is 17.6 Å². The van der Waals surface area contributed by atoms with Gasteiger partial charge in [0.25, 0.3) is 0 Å². The van der Waals surface area contributed by atoms with Crippen LogP contribution in [0.5, 0.6) is 0 Å². The molecule has 1 aromatic rings. The number of ether oxygens (including phenoxy) is 1. The van der Waals surface area contributed by atoms with Gasteiger partial charge in [-0.25, -0.2) is 0 Å². The molecule has 1 rings (SSSR count). The third-order valence-electron chi connectivity index (χ3n) is 1.90. The summed E-state index contributed by atoms with van der Waals surface area (Å²) in [5.74, 6) is -0.643. The van der Waals surface area contributed by atoms with Crippen molar-refractivity contribution in [2.45, 2.75) is 19.5 Å². The van der Waals surface area contributed by atoms with Crippen molar-refractivity contribution in [2.24, 2.45) is 0 Å². The summed E-state index contributed by atoms with van der Waals surface area (Å²) < 4.78 is 42.0. The summed E-state index contributed by atoms with van der Waals surface area (Å²) in [5.41, 5.74) is -1.05. The van der Waals surface area contributed by atoms with Crippen molar-refractivity contribution in [3.05, 3.63) is 28.5 Å². The average molecular weight is 268 g/mol. The molecule has 0 fully saturated rings. The fourth-order valence-corrected chi connectivity index (χ4v) is 1.45. The first kappa shape index (κ1) is 13.8. The van der Waals surface area contributed by atoms with Gasteiger partial charge in [0, 0.05) is 18.0 Å². The number of nitrogens with zero attached hydrogens (tertiary/aromatic N) is 1. The lowest BCUT2D eigenvalue weighted by atomic mass is 10.1. The minimum atomic E-state index is -4.59. The van der Waals surface area contributed by atoms with E-state index in [-0.39, 0.29) is 18.6 Å². The molecule has 1 aromatic heterocycles. The summed E-state index contributed by atoms with van der Waals surface area (Å²) in [6.45, 7) is 1.76. The second-order valence-corrected chi connectivity index (χ2v) is 3.52. The Kier molecular flexibility index (Phi) is 4.34. The van der Waals surface area contributed by atoms with E-state index in [2.05, 4.69) is 9.72 Å². The molecular weight excluding hydrogens is 259 g/mol. The first-order chi connectivity index (χ1) is 7.86. The Labute approximate surface area is 101 Å². The first-order valence-electron chi connectivity index (χ1n) is 4.71. The Balaban J connectivity index is 2.99. The molecule has 0 spiro atoms. The van der Waals surface area contributed by atoms with Crippen LogP contribution in [-0.2, 0) is 22.1 Å². The zero-order valence-corrected chi connectivity index (χ0v) is 9.60. The van der Waals surface area contributed by atoms with E-state index in [1.54, 1.807) is 6.92 Å². The monoisotopic (exact) mass is 267 g/mol. The summed E-state index contributed by atoms with van der Waals surface area (Å²) in [5, 5.41) is -0.513. The predicted octanol–water partition coefficient (Wildman–Crippen LogP) is 2.86. The molecule has 0 aliphatic rings. The molecule has 0 aromatic carbocycles. The molecule has 94 valence electrons. The van der Waals surface area contributed by atoms with Gasteiger partial charge in [-0.15, -0.1) is 0 Å². The van der Waals surface area contributed by atoms with Crippen LogP contribution in [0.25, 0.3) is 0 Å². The highest BCUT2D eigenvalue weighted by molar-refractivity contribution is 6.32. The lowest BCUT2D eigenvalue weighted by Gasteiger charge is -2.11. The second kappa shape index (κ2) is 5.35. The van der Waals surface area contributed by atoms with Gasteiger partial charge in [-0.1, -0.05) is 11.6 Å². The highest BCUT2D eigenvalue weighted by Crippen LogP contribution is 2.35. The van der Waals surface area contributed by atoms with E-state index in [9.17, 15) is 18.0 Å². The lowest BCUT2D eigenvalue weighted by molar-refractivity contribution is -0.142. The molecule has 0 unspecified atom stereocenters. The van der Waals surface area contributed by atoms with Crippen molar-refractivity contribution in [1.29, 1.82) is 0 Å². The van der Waals surface area contributed by atoms with Crippen LogP contribution in [0.1, 0.15) is 18.1 Å². The van der Waals surface area contributed by atoms with E-state index in [1.165, 1.54) is 0 Å². The Bertz CT molecular complexity index is 421. The van der Waals surface area contributed by atoms with E-state index in [4.69, 9.17) is 11.6 Å². The van der Waals surface area contributed by atoms with Gasteiger partial charge in [0.1, 0.15) is 0 Å². The molecule has 0 saturated carbocycles. The summed E-state index contributed by atoms with van der Waals surface area (Å²) in [7, 11) is 0. The van der Waals surface area contributed by atoms with Gasteiger partial charge in [0.05, 0.1) is 23.6 Å². The number of alkyl halides is 3. The number of carbonyl (C=O) groups excluding carboxylic acids is 1. The Hall–Kier alpha value is -1.30. The minimum Gasteiger partial charge on any atom is -0.466 e. The van der Waals surface area contributed by atoms with Gasteiger partial charge >= 0.3 is 12.1 Å². The van der Waals surface area contributed by atoms with Crippen LogP contribution in [-0.4, -0.2) is 17.6 Å². The topological polar surface area (TPSA) is 39.2 Å². The van der Waals surface area contributed by atoms with Crippen molar-refractivity contribution in [3.63, 3.8) is 0 Å². The van der Waals surface area contributed by atoms with Crippen molar-refractivity contribution in [1.82, 2.24) is 4.98 Å². The number of hydrogen-bond donors (Lipinski definition) is 0. The van der Waals surface area contributed by atoms with Crippen LogP contribution < -0.4 is 0 Å². The largest absolute Gasteiger partial charge is 0.466 e. The molecule has 0 atom stereocenters. The molecule has 0 amide bonds. The number of carbonyl (C=O) groups is 1. The maximum atomic E-state index is 12.5. The third kappa shape index (κ3) is 3.59. The zero-order chi connectivity index (χ0) is 13.1.